The van der Waals surface area contributed by atoms with Gasteiger partial charge in [-0.25, -0.2) is 0 Å². The van der Waals surface area contributed by atoms with E-state index in [0.717, 1.165) is 0 Å². The van der Waals surface area contributed by atoms with Crippen molar-refractivity contribution in [3.05, 3.63) is 5.21 Å². The van der Waals surface area contributed by atoms with Crippen LogP contribution in [0.15, 0.2) is 0 Å². The predicted octanol–water partition coefficient (Wildman–Crippen LogP) is 0.163. The number of alkyl halides is 3. The molecule has 0 aliphatic heterocycles. The zero-order valence-corrected chi connectivity index (χ0v) is 3.45. The van der Waals surface area contributed by atoms with Crippen LogP contribution in [0, 0.1) is 5.21 Å². The lowest BCUT2D eigenvalue weighted by Crippen LogP contribution is -2.32. The first-order valence-corrected chi connectivity index (χ1v) is 1.48. The fourth-order valence-corrected chi connectivity index (χ4v) is 0.0579. The van der Waals surface area contributed by atoms with Gasteiger partial charge in [-0.15, -0.1) is 0 Å². The third kappa shape index (κ3) is 1.78. The Hall–Kier alpha value is -0.780. The monoisotopic (exact) mass is 128 g/mol. The molecule has 0 unspecified atom stereocenters. The second-order valence-corrected chi connectivity index (χ2v) is 0.929. The summed E-state index contributed by atoms with van der Waals surface area (Å²) in [6.07, 6.45) is -5.05. The molecule has 0 fully saturated rings. The molecule has 0 bridgehead atoms. The van der Waals surface area contributed by atoms with E-state index in [1.165, 1.54) is 0 Å². The number of nitrogens with one attached hydrogen (secondary N) is 1. The molecule has 0 rings (SSSR count). The van der Waals surface area contributed by atoms with E-state index in [1.807, 2.05) is 0 Å². The molecule has 0 spiro atoms. The van der Waals surface area contributed by atoms with Crippen molar-refractivity contribution in [2.24, 2.45) is 0 Å². The van der Waals surface area contributed by atoms with Crippen LogP contribution >= 0.6 is 0 Å². The molecule has 8 heavy (non-hydrogen) atoms. The Kier molecular flexibility index (Phi) is 1.80. The van der Waals surface area contributed by atoms with Crippen LogP contribution in [0.5, 0.6) is 0 Å². The van der Waals surface area contributed by atoms with Crippen LogP contribution in [0.4, 0.5) is 13.2 Å². The van der Waals surface area contributed by atoms with Crippen LogP contribution in [-0.2, 0) is 4.79 Å². The van der Waals surface area contributed by atoms with Crippen LogP contribution in [0.25, 0.3) is 0 Å². The largest absolute Gasteiger partial charge is 0.759 e. The number of hydrogen-bond donors (Lipinski definition) is 1. The smallest absolute Gasteiger partial charge is 0.470 e. The van der Waals surface area contributed by atoms with E-state index in [1.54, 1.807) is 0 Å². The Labute approximate surface area is 42.1 Å². The van der Waals surface area contributed by atoms with E-state index in [9.17, 15) is 18.0 Å². The summed E-state index contributed by atoms with van der Waals surface area (Å²) in [6, 6.07) is 0. The fraction of sp³-hybridized carbons (Fsp3) is 0.500. The van der Waals surface area contributed by atoms with E-state index in [2.05, 4.69) is 0 Å². The van der Waals surface area contributed by atoms with Gasteiger partial charge in [-0.05, 0) is 0 Å². The molecule has 0 saturated carbocycles. The average molecular weight is 128 g/mol. The topological polar surface area (TPSA) is 52.2 Å². The Balaban J connectivity index is 3.82. The summed E-state index contributed by atoms with van der Waals surface area (Å²) in [4.78, 5) is 9.28. The summed E-state index contributed by atoms with van der Waals surface area (Å²) in [6.45, 7) is 0. The second-order valence-electron chi connectivity index (χ2n) is 0.929. The normalized spacial score (nSPS) is 11.0. The molecule has 0 aliphatic carbocycles. The summed E-state index contributed by atoms with van der Waals surface area (Å²) >= 11 is 0. The fourth-order valence-electron chi connectivity index (χ4n) is 0.0579. The lowest BCUT2D eigenvalue weighted by Gasteiger charge is -2.08. The average Bonchev–Trinajstić information content (AvgIpc) is 1.62. The Bertz CT molecular complexity index is 97.9. The number of carbonyl (C=O) groups excluding carboxylic acids is 1. The lowest BCUT2D eigenvalue weighted by atomic mass is 10.6. The highest BCUT2D eigenvalue weighted by atomic mass is 19.4. The molecule has 0 aliphatic rings. The maximum atomic E-state index is 10.8. The molecule has 0 atom stereocenters. The number of amides is 1. The first-order chi connectivity index (χ1) is 3.48. The number of hydrogen-bond acceptors (Lipinski definition) is 2. The van der Waals surface area contributed by atoms with Gasteiger partial charge in [0.05, 0.1) is 0 Å². The number of halogens is 3. The molecular formula is C2HF3NO2-. The van der Waals surface area contributed by atoms with Crippen LogP contribution < -0.4 is 5.48 Å². The first-order valence-electron chi connectivity index (χ1n) is 1.48. The summed E-state index contributed by atoms with van der Waals surface area (Å²) in [5.74, 6) is -2.47. The highest BCUT2D eigenvalue weighted by Crippen LogP contribution is 2.13. The molecule has 0 saturated heterocycles. The van der Waals surface area contributed by atoms with Crippen LogP contribution in [0.2, 0.25) is 0 Å². The van der Waals surface area contributed by atoms with Crippen molar-refractivity contribution in [3.63, 3.8) is 0 Å². The summed E-state index contributed by atoms with van der Waals surface area (Å²) < 4.78 is 32.5. The van der Waals surface area contributed by atoms with Crippen molar-refractivity contribution >= 4 is 5.91 Å². The van der Waals surface area contributed by atoms with E-state index in [4.69, 9.17) is 5.21 Å². The number of hydroxylamine groups is 1. The highest BCUT2D eigenvalue weighted by Gasteiger charge is 2.36. The van der Waals surface area contributed by atoms with E-state index in [0.29, 0.717) is 0 Å². The molecule has 1 N–H and O–H groups in total. The maximum absolute atomic E-state index is 10.8. The maximum Gasteiger partial charge on any atom is 0.470 e. The van der Waals surface area contributed by atoms with Gasteiger partial charge in [-0.2, -0.15) is 13.2 Å². The third-order valence-electron chi connectivity index (χ3n) is 0.350. The lowest BCUT2D eigenvalue weighted by molar-refractivity contribution is -0.172. The molecule has 6 heteroatoms. The third-order valence-corrected chi connectivity index (χ3v) is 0.350. The van der Waals surface area contributed by atoms with Gasteiger partial charge in [-0.1, -0.05) is 0 Å². The van der Waals surface area contributed by atoms with Crippen molar-refractivity contribution in [1.29, 1.82) is 0 Å². The van der Waals surface area contributed by atoms with Crippen LogP contribution in [0.3, 0.4) is 0 Å². The Morgan fingerprint density at radius 3 is 1.88 bits per heavy atom. The van der Waals surface area contributed by atoms with Crippen molar-refractivity contribution in [2.45, 2.75) is 6.18 Å². The van der Waals surface area contributed by atoms with Crippen molar-refractivity contribution in [3.8, 4) is 0 Å². The van der Waals surface area contributed by atoms with Gasteiger partial charge in [-0.3, -0.25) is 4.79 Å². The Morgan fingerprint density at radius 2 is 1.88 bits per heavy atom. The zero-order valence-electron chi connectivity index (χ0n) is 3.45. The molecule has 0 aromatic heterocycles. The minimum Gasteiger partial charge on any atom is -0.759 e. The van der Waals surface area contributed by atoms with Crippen molar-refractivity contribution in [1.82, 2.24) is 5.48 Å². The minimum atomic E-state index is -5.05. The van der Waals surface area contributed by atoms with E-state index in [-0.39, 0.29) is 5.48 Å². The zero-order chi connectivity index (χ0) is 6.78. The molecule has 48 valence electrons. The van der Waals surface area contributed by atoms with Crippen LogP contribution in [-0.4, -0.2) is 12.1 Å². The summed E-state index contributed by atoms with van der Waals surface area (Å²) in [5, 5.41) is 8.96. The summed E-state index contributed by atoms with van der Waals surface area (Å²) in [7, 11) is 0. The highest BCUT2D eigenvalue weighted by molar-refractivity contribution is 5.81. The quantitative estimate of drug-likeness (QED) is 0.472. The molecule has 0 radical (unpaired) electrons. The SMILES string of the molecule is O=C(N[O-])C(F)(F)F. The first kappa shape index (κ1) is 7.22. The van der Waals surface area contributed by atoms with Gasteiger partial charge < -0.3 is 10.7 Å². The molecule has 0 heterocycles. The van der Waals surface area contributed by atoms with Gasteiger partial charge in [0.25, 0.3) is 0 Å². The van der Waals surface area contributed by atoms with E-state index >= 15 is 0 Å². The standard InChI is InChI=1S/C2HF3NO2/c3-2(4,5)1(7)6-8/h(H-,6,7,8)/q-1. The summed E-state index contributed by atoms with van der Waals surface area (Å²) in [5.41, 5.74) is 0.191. The molecule has 3 nitrogen and oxygen atoms in total. The van der Waals surface area contributed by atoms with Gasteiger partial charge in [0.2, 0.25) is 0 Å². The predicted molar refractivity (Wildman–Crippen MR) is 17.6 cm³/mol. The van der Waals surface area contributed by atoms with Gasteiger partial charge in [0.15, 0.2) is 0 Å². The molecule has 0 aromatic rings. The number of rotatable bonds is 0. The second kappa shape index (κ2) is 1.99. The van der Waals surface area contributed by atoms with Crippen LogP contribution in [0.1, 0.15) is 0 Å². The minimum absolute atomic E-state index is 0.191. The van der Waals surface area contributed by atoms with E-state index < -0.39 is 12.1 Å². The molecule has 1 amide bonds. The molecule has 0 aromatic carbocycles. The van der Waals surface area contributed by atoms with Crippen molar-refractivity contribution < 1.29 is 18.0 Å². The van der Waals surface area contributed by atoms with Gasteiger partial charge in [0.1, 0.15) is 0 Å². The van der Waals surface area contributed by atoms with Gasteiger partial charge in [0, 0.05) is 0 Å². The Morgan fingerprint density at radius 1 is 1.50 bits per heavy atom. The van der Waals surface area contributed by atoms with Gasteiger partial charge >= 0.3 is 12.1 Å². The number of carbonyl (C=O) groups is 1. The van der Waals surface area contributed by atoms with Crippen molar-refractivity contribution in [2.75, 3.05) is 0 Å². The molecular weight excluding hydrogens is 127 g/mol.